The zero-order valence-electron chi connectivity index (χ0n) is 10.0. The molecule has 0 bridgehead atoms. The van der Waals surface area contributed by atoms with Gasteiger partial charge in [-0.2, -0.15) is 0 Å². The van der Waals surface area contributed by atoms with E-state index in [9.17, 15) is 0 Å². The number of hydrogen-bond donors (Lipinski definition) is 1. The molecule has 1 aliphatic heterocycles. The third kappa shape index (κ3) is 2.71. The fraction of sp³-hybridized carbons (Fsp3) is 0.818. The molecule has 1 fully saturated rings. The number of nitrogens with zero attached hydrogens (tertiary/aromatic N) is 3. The van der Waals surface area contributed by atoms with Crippen LogP contribution in [0, 0.1) is 11.8 Å². The molecule has 1 aliphatic rings. The van der Waals surface area contributed by atoms with Crippen LogP contribution in [0.25, 0.3) is 0 Å². The molecule has 2 heterocycles. The second-order valence-corrected chi connectivity index (χ2v) is 5.73. The van der Waals surface area contributed by atoms with Crippen molar-refractivity contribution < 1.29 is 0 Å². The molecule has 90 valence electrons. The normalized spacial score (nSPS) is 19.4. The Hall–Kier alpha value is -0.680. The number of piperidine rings is 1. The lowest BCUT2D eigenvalue weighted by atomic mass is 9.87. The van der Waals surface area contributed by atoms with Crippen LogP contribution in [0.15, 0.2) is 0 Å². The Balaban J connectivity index is 1.84. The van der Waals surface area contributed by atoms with E-state index in [4.69, 9.17) is 5.73 Å². The molecule has 2 rings (SSSR count). The summed E-state index contributed by atoms with van der Waals surface area (Å²) in [5, 5.41) is 4.84. The predicted molar refractivity (Wildman–Crippen MR) is 67.2 cm³/mol. The molecule has 1 saturated heterocycles. The second-order valence-electron chi connectivity index (χ2n) is 4.94. The van der Waals surface area contributed by atoms with Gasteiger partial charge in [-0.05, 0) is 37.8 Å². The lowest BCUT2D eigenvalue weighted by molar-refractivity contribution is 0.151. The van der Waals surface area contributed by atoms with Crippen molar-refractivity contribution in [3.8, 4) is 0 Å². The summed E-state index contributed by atoms with van der Waals surface area (Å²) in [5.74, 6) is 1.70. The van der Waals surface area contributed by atoms with Crippen LogP contribution < -0.4 is 5.73 Å². The van der Waals surface area contributed by atoms with Crippen molar-refractivity contribution in [2.45, 2.75) is 33.2 Å². The van der Waals surface area contributed by atoms with Crippen LogP contribution in [0.3, 0.4) is 0 Å². The number of hydrogen-bond acceptors (Lipinski definition) is 5. The van der Waals surface area contributed by atoms with Gasteiger partial charge in [0.15, 0.2) is 0 Å². The van der Waals surface area contributed by atoms with Crippen LogP contribution >= 0.6 is 11.5 Å². The maximum atomic E-state index is 5.80. The van der Waals surface area contributed by atoms with Gasteiger partial charge in [0.05, 0.1) is 0 Å². The minimum Gasteiger partial charge on any atom is -0.388 e. The highest BCUT2D eigenvalue weighted by molar-refractivity contribution is 7.09. The largest absolute Gasteiger partial charge is 0.388 e. The van der Waals surface area contributed by atoms with Crippen molar-refractivity contribution in [2.24, 2.45) is 11.8 Å². The third-order valence-corrected chi connectivity index (χ3v) is 4.13. The molecule has 0 amide bonds. The van der Waals surface area contributed by atoms with Gasteiger partial charge in [0.1, 0.15) is 10.7 Å². The maximum absolute atomic E-state index is 5.80. The average molecular weight is 240 g/mol. The van der Waals surface area contributed by atoms with E-state index in [0.717, 1.165) is 29.1 Å². The Morgan fingerprint density at radius 3 is 2.62 bits per heavy atom. The van der Waals surface area contributed by atoms with Crippen molar-refractivity contribution >= 4 is 16.5 Å². The summed E-state index contributed by atoms with van der Waals surface area (Å²) >= 11 is 1.29. The summed E-state index contributed by atoms with van der Waals surface area (Å²) in [7, 11) is 0. The van der Waals surface area contributed by atoms with E-state index < -0.39 is 0 Å². The molecule has 0 aliphatic carbocycles. The van der Waals surface area contributed by atoms with Gasteiger partial charge < -0.3 is 5.73 Å². The lowest BCUT2D eigenvalue weighted by Crippen LogP contribution is -2.35. The third-order valence-electron chi connectivity index (χ3n) is 3.53. The smallest absolute Gasteiger partial charge is 0.132 e. The summed E-state index contributed by atoms with van der Waals surface area (Å²) in [6.45, 7) is 7.85. The Bertz CT molecular complexity index is 328. The number of nitrogen functional groups attached to an aromatic ring is 1. The molecule has 0 unspecified atom stereocenters. The van der Waals surface area contributed by atoms with Crippen LogP contribution in [0.2, 0.25) is 0 Å². The number of anilines is 1. The highest BCUT2D eigenvalue weighted by Gasteiger charge is 2.22. The minimum absolute atomic E-state index is 0.769. The Labute approximate surface area is 101 Å². The molecule has 1 aromatic heterocycles. The molecule has 0 atom stereocenters. The molecule has 2 N–H and O–H groups in total. The maximum Gasteiger partial charge on any atom is 0.132 e. The van der Waals surface area contributed by atoms with Crippen LogP contribution in [0.1, 0.15) is 32.4 Å². The molecule has 16 heavy (non-hydrogen) atoms. The molecule has 0 aromatic carbocycles. The number of nitrogens with two attached hydrogens (primary N) is 1. The fourth-order valence-electron chi connectivity index (χ4n) is 2.31. The quantitative estimate of drug-likeness (QED) is 0.878. The van der Waals surface area contributed by atoms with E-state index in [0.29, 0.717) is 0 Å². The van der Waals surface area contributed by atoms with E-state index >= 15 is 0 Å². The fourth-order valence-corrected chi connectivity index (χ4v) is 2.75. The van der Waals surface area contributed by atoms with Gasteiger partial charge in [-0.1, -0.05) is 18.3 Å². The van der Waals surface area contributed by atoms with Crippen LogP contribution in [-0.2, 0) is 6.54 Å². The summed E-state index contributed by atoms with van der Waals surface area (Å²) in [4.78, 5) is 2.44. The first kappa shape index (κ1) is 11.8. The zero-order chi connectivity index (χ0) is 11.5. The van der Waals surface area contributed by atoms with Crippen molar-refractivity contribution in [3.63, 3.8) is 0 Å². The van der Waals surface area contributed by atoms with Crippen LogP contribution in [0.5, 0.6) is 0 Å². The number of rotatable bonds is 3. The zero-order valence-corrected chi connectivity index (χ0v) is 10.8. The monoisotopic (exact) mass is 240 g/mol. The van der Waals surface area contributed by atoms with Gasteiger partial charge in [0, 0.05) is 18.1 Å². The lowest BCUT2D eigenvalue weighted by Gasteiger charge is -2.33. The highest BCUT2D eigenvalue weighted by Crippen LogP contribution is 2.26. The van der Waals surface area contributed by atoms with E-state index in [1.807, 2.05) is 0 Å². The second kappa shape index (κ2) is 5.10. The Morgan fingerprint density at radius 2 is 2.12 bits per heavy atom. The summed E-state index contributed by atoms with van der Waals surface area (Å²) < 4.78 is 3.87. The molecule has 5 heteroatoms. The number of aromatic nitrogens is 2. The van der Waals surface area contributed by atoms with Crippen molar-refractivity contribution in [3.05, 3.63) is 5.69 Å². The van der Waals surface area contributed by atoms with Gasteiger partial charge >= 0.3 is 0 Å². The van der Waals surface area contributed by atoms with Gasteiger partial charge in [0.25, 0.3) is 0 Å². The molecule has 0 saturated carbocycles. The SMILES string of the molecule is CC(C)C1CCN(Cc2nnsc2N)CC1. The molecule has 1 aromatic rings. The first-order chi connectivity index (χ1) is 7.66. The molecule has 0 spiro atoms. The van der Waals surface area contributed by atoms with Gasteiger partial charge in [0.2, 0.25) is 0 Å². The summed E-state index contributed by atoms with van der Waals surface area (Å²) in [5.41, 5.74) is 6.75. The van der Waals surface area contributed by atoms with Crippen LogP contribution in [-0.4, -0.2) is 27.6 Å². The standard InChI is InChI=1S/C11H20N4S/c1-8(2)9-3-5-15(6-4-9)7-10-11(12)16-14-13-10/h8-9H,3-7,12H2,1-2H3. The van der Waals surface area contributed by atoms with E-state index in [1.165, 1.54) is 37.5 Å². The Kier molecular flexibility index (Phi) is 3.76. The molecular formula is C11H20N4S. The summed E-state index contributed by atoms with van der Waals surface area (Å²) in [6, 6.07) is 0. The van der Waals surface area contributed by atoms with E-state index in [-0.39, 0.29) is 0 Å². The van der Waals surface area contributed by atoms with Gasteiger partial charge in [-0.15, -0.1) is 5.10 Å². The van der Waals surface area contributed by atoms with Crippen LogP contribution in [0.4, 0.5) is 5.00 Å². The van der Waals surface area contributed by atoms with Crippen molar-refractivity contribution in [1.29, 1.82) is 0 Å². The first-order valence-corrected chi connectivity index (χ1v) is 6.73. The predicted octanol–water partition coefficient (Wildman–Crippen LogP) is 1.99. The summed E-state index contributed by atoms with van der Waals surface area (Å²) in [6.07, 6.45) is 2.60. The topological polar surface area (TPSA) is 55.0 Å². The average Bonchev–Trinajstić information content (AvgIpc) is 2.65. The van der Waals surface area contributed by atoms with E-state index in [2.05, 4.69) is 28.3 Å². The highest BCUT2D eigenvalue weighted by atomic mass is 32.1. The minimum atomic E-state index is 0.769. The van der Waals surface area contributed by atoms with E-state index in [1.54, 1.807) is 0 Å². The van der Waals surface area contributed by atoms with Crippen molar-refractivity contribution in [2.75, 3.05) is 18.8 Å². The first-order valence-electron chi connectivity index (χ1n) is 5.96. The molecule has 4 nitrogen and oxygen atoms in total. The van der Waals surface area contributed by atoms with Gasteiger partial charge in [-0.25, -0.2) is 0 Å². The molecular weight excluding hydrogens is 220 g/mol. The number of likely N-dealkylation sites (tertiary alicyclic amines) is 1. The van der Waals surface area contributed by atoms with Gasteiger partial charge in [-0.3, -0.25) is 4.90 Å². The van der Waals surface area contributed by atoms with Crippen molar-refractivity contribution in [1.82, 2.24) is 14.5 Å². The Morgan fingerprint density at radius 1 is 1.44 bits per heavy atom. The molecule has 0 radical (unpaired) electrons.